The van der Waals surface area contributed by atoms with Gasteiger partial charge in [0.25, 0.3) is 5.91 Å². The number of anilines is 1. The van der Waals surface area contributed by atoms with Crippen molar-refractivity contribution in [2.24, 2.45) is 0 Å². The van der Waals surface area contributed by atoms with Gasteiger partial charge in [-0.3, -0.25) is 4.79 Å². The van der Waals surface area contributed by atoms with Crippen LogP contribution in [0.5, 0.6) is 11.5 Å². The van der Waals surface area contributed by atoms with Crippen molar-refractivity contribution in [1.82, 2.24) is 0 Å². The van der Waals surface area contributed by atoms with Gasteiger partial charge in [-0.05, 0) is 75.1 Å². The molecule has 0 heterocycles. The Morgan fingerprint density at radius 2 is 1.76 bits per heavy atom. The Morgan fingerprint density at radius 3 is 2.53 bits per heavy atom. The number of rotatable bonds is 9. The second-order valence-electron chi connectivity index (χ2n) is 8.16. The Balaban J connectivity index is 1.60. The van der Waals surface area contributed by atoms with Crippen LogP contribution in [0.25, 0.3) is 16.8 Å². The number of hydrogen-bond acceptors (Lipinski definition) is 5. The lowest BCUT2D eigenvalue weighted by Gasteiger charge is -2.16. The van der Waals surface area contributed by atoms with Gasteiger partial charge in [-0.2, -0.15) is 5.26 Å². The summed E-state index contributed by atoms with van der Waals surface area (Å²) in [6.45, 7) is 2.53. The van der Waals surface area contributed by atoms with E-state index in [1.807, 2.05) is 55.5 Å². The van der Waals surface area contributed by atoms with Crippen LogP contribution in [0, 0.1) is 11.3 Å². The van der Waals surface area contributed by atoms with E-state index in [1.165, 1.54) is 18.2 Å². The highest BCUT2D eigenvalue weighted by Gasteiger charge is 2.17. The second-order valence-corrected chi connectivity index (χ2v) is 9.02. The molecule has 38 heavy (non-hydrogen) atoms. The highest BCUT2D eigenvalue weighted by Crippen LogP contribution is 2.38. The highest BCUT2D eigenvalue weighted by atomic mass is 79.9. The van der Waals surface area contributed by atoms with Crippen LogP contribution in [0.2, 0.25) is 0 Å². The maximum Gasteiger partial charge on any atom is 0.337 e. The summed E-state index contributed by atoms with van der Waals surface area (Å²) in [4.78, 5) is 24.2. The van der Waals surface area contributed by atoms with Gasteiger partial charge in [-0.1, -0.05) is 54.6 Å². The first-order chi connectivity index (χ1) is 18.4. The first kappa shape index (κ1) is 26.5. The Kier molecular flexibility index (Phi) is 8.41. The zero-order valence-electron chi connectivity index (χ0n) is 20.4. The minimum atomic E-state index is -1.19. The Morgan fingerprint density at radius 1 is 1.03 bits per heavy atom. The molecular weight excluding hydrogens is 548 g/mol. The molecule has 7 nitrogen and oxygen atoms in total. The molecule has 1 amide bonds. The largest absolute Gasteiger partial charge is 0.490 e. The smallest absolute Gasteiger partial charge is 0.337 e. The van der Waals surface area contributed by atoms with Crippen LogP contribution in [0.15, 0.2) is 88.9 Å². The molecule has 0 aliphatic heterocycles. The zero-order valence-corrected chi connectivity index (χ0v) is 22.0. The number of para-hydroxylation sites is 1. The summed E-state index contributed by atoms with van der Waals surface area (Å²) >= 11 is 3.54. The molecule has 0 spiro atoms. The third-order valence-electron chi connectivity index (χ3n) is 5.67. The number of carboxylic acid groups (broad SMARTS) is 1. The number of nitriles is 1. The molecule has 0 aliphatic carbocycles. The van der Waals surface area contributed by atoms with Crippen molar-refractivity contribution >= 4 is 50.3 Å². The van der Waals surface area contributed by atoms with Crippen molar-refractivity contribution in [2.45, 2.75) is 13.5 Å². The van der Waals surface area contributed by atoms with Gasteiger partial charge in [0, 0.05) is 0 Å². The number of benzene rings is 4. The van der Waals surface area contributed by atoms with Gasteiger partial charge < -0.3 is 19.9 Å². The number of fused-ring (bicyclic) bond motifs is 1. The lowest BCUT2D eigenvalue weighted by molar-refractivity contribution is -0.112. The monoisotopic (exact) mass is 570 g/mol. The number of hydrogen-bond donors (Lipinski definition) is 2. The normalized spacial score (nSPS) is 11.0. The summed E-state index contributed by atoms with van der Waals surface area (Å²) in [5.74, 6) is -0.975. The number of amides is 1. The lowest BCUT2D eigenvalue weighted by atomic mass is 10.1. The number of aromatic carboxylic acids is 1. The average molecular weight is 571 g/mol. The van der Waals surface area contributed by atoms with E-state index in [-0.39, 0.29) is 16.8 Å². The summed E-state index contributed by atoms with van der Waals surface area (Å²) in [5, 5.41) is 23.7. The minimum Gasteiger partial charge on any atom is -0.490 e. The molecule has 4 aromatic rings. The summed E-state index contributed by atoms with van der Waals surface area (Å²) in [7, 11) is 0. The molecule has 0 unspecified atom stereocenters. The SMILES string of the molecule is CCOc1cc(/C=C(\C#N)C(=O)Nc2ccccc2C(=O)O)cc(Br)c1OCc1cccc2ccccc12. The molecule has 4 rings (SSSR count). The molecule has 4 aromatic carbocycles. The van der Waals surface area contributed by atoms with E-state index in [4.69, 9.17) is 9.47 Å². The fourth-order valence-electron chi connectivity index (χ4n) is 3.93. The van der Waals surface area contributed by atoms with Crippen LogP contribution in [0.1, 0.15) is 28.4 Å². The predicted octanol–water partition coefficient (Wildman–Crippen LogP) is 6.82. The van der Waals surface area contributed by atoms with Gasteiger partial charge in [-0.25, -0.2) is 4.79 Å². The van der Waals surface area contributed by atoms with Crippen molar-refractivity contribution in [3.63, 3.8) is 0 Å². The second kappa shape index (κ2) is 12.1. The van der Waals surface area contributed by atoms with Crippen LogP contribution in [0.4, 0.5) is 5.69 Å². The molecule has 0 aliphatic rings. The van der Waals surface area contributed by atoms with E-state index in [0.29, 0.717) is 34.7 Å². The molecular formula is C30H23BrN2O5. The quantitative estimate of drug-likeness (QED) is 0.169. The van der Waals surface area contributed by atoms with Crippen LogP contribution in [0.3, 0.4) is 0 Å². The van der Waals surface area contributed by atoms with E-state index >= 15 is 0 Å². The van der Waals surface area contributed by atoms with E-state index in [1.54, 1.807) is 24.3 Å². The molecule has 0 saturated carbocycles. The lowest BCUT2D eigenvalue weighted by Crippen LogP contribution is -2.16. The number of carboxylic acids is 1. The molecule has 0 aromatic heterocycles. The van der Waals surface area contributed by atoms with E-state index in [0.717, 1.165) is 16.3 Å². The van der Waals surface area contributed by atoms with Crippen molar-refractivity contribution in [1.29, 1.82) is 5.26 Å². The fraction of sp³-hybridized carbons (Fsp3) is 0.100. The summed E-state index contributed by atoms with van der Waals surface area (Å²) < 4.78 is 12.6. The first-order valence-corrected chi connectivity index (χ1v) is 12.5. The van der Waals surface area contributed by atoms with E-state index < -0.39 is 11.9 Å². The molecule has 0 fully saturated rings. The van der Waals surface area contributed by atoms with Gasteiger partial charge in [0.15, 0.2) is 11.5 Å². The number of carbonyl (C=O) groups is 2. The van der Waals surface area contributed by atoms with Crippen LogP contribution >= 0.6 is 15.9 Å². The topological polar surface area (TPSA) is 109 Å². The fourth-order valence-corrected chi connectivity index (χ4v) is 4.50. The average Bonchev–Trinajstić information content (AvgIpc) is 2.91. The molecule has 0 saturated heterocycles. The summed E-state index contributed by atoms with van der Waals surface area (Å²) in [5.41, 5.74) is 1.36. The zero-order chi connectivity index (χ0) is 27.1. The van der Waals surface area contributed by atoms with E-state index in [9.17, 15) is 20.0 Å². The van der Waals surface area contributed by atoms with Crippen LogP contribution < -0.4 is 14.8 Å². The third-order valence-corrected chi connectivity index (χ3v) is 6.25. The van der Waals surface area contributed by atoms with Crippen molar-refractivity contribution < 1.29 is 24.2 Å². The van der Waals surface area contributed by atoms with Crippen molar-refractivity contribution in [3.05, 3.63) is 106 Å². The van der Waals surface area contributed by atoms with Crippen molar-refractivity contribution in [2.75, 3.05) is 11.9 Å². The minimum absolute atomic E-state index is 0.0767. The van der Waals surface area contributed by atoms with Gasteiger partial charge >= 0.3 is 5.97 Å². The third kappa shape index (κ3) is 6.02. The Hall–Kier alpha value is -4.61. The van der Waals surface area contributed by atoms with Crippen molar-refractivity contribution in [3.8, 4) is 17.6 Å². The predicted molar refractivity (Wildman–Crippen MR) is 149 cm³/mol. The maximum atomic E-state index is 12.8. The molecule has 0 radical (unpaired) electrons. The maximum absolute atomic E-state index is 12.8. The number of halogens is 1. The highest BCUT2D eigenvalue weighted by molar-refractivity contribution is 9.10. The molecule has 190 valence electrons. The van der Waals surface area contributed by atoms with Gasteiger partial charge in [-0.15, -0.1) is 0 Å². The van der Waals surface area contributed by atoms with Gasteiger partial charge in [0.05, 0.1) is 22.3 Å². The summed E-state index contributed by atoms with van der Waals surface area (Å²) in [6, 6.07) is 25.4. The number of ether oxygens (including phenoxy) is 2. The van der Waals surface area contributed by atoms with Gasteiger partial charge in [0.1, 0.15) is 18.2 Å². The number of carbonyl (C=O) groups excluding carboxylic acids is 1. The molecule has 0 bridgehead atoms. The van der Waals surface area contributed by atoms with Crippen LogP contribution in [-0.2, 0) is 11.4 Å². The molecule has 0 atom stereocenters. The molecule has 8 heteroatoms. The first-order valence-electron chi connectivity index (χ1n) is 11.7. The summed E-state index contributed by atoms with van der Waals surface area (Å²) in [6.07, 6.45) is 1.40. The Bertz CT molecular complexity index is 1580. The van der Waals surface area contributed by atoms with Crippen LogP contribution in [-0.4, -0.2) is 23.6 Å². The van der Waals surface area contributed by atoms with Gasteiger partial charge in [0.2, 0.25) is 0 Å². The number of nitrogens with zero attached hydrogens (tertiary/aromatic N) is 1. The standard InChI is InChI=1S/C30H23BrN2O5/c1-2-37-27-16-19(14-22(17-32)29(34)33-26-13-6-5-12-24(26)30(35)36)15-25(31)28(27)38-18-21-10-7-9-20-8-3-4-11-23(20)21/h3-16H,2,18H2,1H3,(H,33,34)(H,35,36)/b22-14+. The molecule has 2 N–H and O–H groups in total. The van der Waals surface area contributed by atoms with E-state index in [2.05, 4.69) is 21.2 Å². The number of nitrogens with one attached hydrogen (secondary N) is 1. The Labute approximate surface area is 228 Å².